The zero-order valence-electron chi connectivity index (χ0n) is 11.5. The Morgan fingerprint density at radius 3 is 2.42 bits per heavy atom. The number of hydrogen-bond donors (Lipinski definition) is 0. The van der Waals surface area contributed by atoms with Gasteiger partial charge in [0.05, 0.1) is 12.5 Å². The Morgan fingerprint density at radius 1 is 1.32 bits per heavy atom. The van der Waals surface area contributed by atoms with Crippen molar-refractivity contribution in [1.82, 2.24) is 4.90 Å². The van der Waals surface area contributed by atoms with Crippen LogP contribution in [-0.2, 0) is 16.0 Å². The molecule has 1 aromatic carbocycles. The molecule has 3 nitrogen and oxygen atoms in total. The lowest BCUT2D eigenvalue weighted by Crippen LogP contribution is -2.44. The molecule has 0 bridgehead atoms. The predicted molar refractivity (Wildman–Crippen MR) is 76.3 cm³/mol. The minimum Gasteiger partial charge on any atom is -0.469 e. The third-order valence-corrected chi connectivity index (χ3v) is 4.27. The molecular formula is C15H20ClNO2. The molecule has 0 spiro atoms. The molecule has 0 N–H and O–H groups in total. The highest BCUT2D eigenvalue weighted by molar-refractivity contribution is 6.30. The number of methoxy groups -OCH3 is 1. The van der Waals surface area contributed by atoms with Gasteiger partial charge >= 0.3 is 5.97 Å². The molecule has 0 saturated carbocycles. The van der Waals surface area contributed by atoms with Gasteiger partial charge in [0.15, 0.2) is 0 Å². The van der Waals surface area contributed by atoms with Crippen molar-refractivity contribution in [3.8, 4) is 0 Å². The molecule has 0 amide bonds. The quantitative estimate of drug-likeness (QED) is 0.798. The van der Waals surface area contributed by atoms with Crippen molar-refractivity contribution in [2.24, 2.45) is 5.41 Å². The molecule has 0 aromatic heterocycles. The van der Waals surface area contributed by atoms with Crippen molar-refractivity contribution in [2.75, 3.05) is 27.2 Å². The van der Waals surface area contributed by atoms with Gasteiger partial charge in [-0.1, -0.05) is 23.7 Å². The van der Waals surface area contributed by atoms with Gasteiger partial charge in [-0.05, 0) is 57.1 Å². The van der Waals surface area contributed by atoms with Crippen molar-refractivity contribution >= 4 is 17.6 Å². The molecule has 104 valence electrons. The van der Waals surface area contributed by atoms with Crippen LogP contribution >= 0.6 is 11.6 Å². The van der Waals surface area contributed by atoms with Gasteiger partial charge in [0, 0.05) is 5.02 Å². The van der Waals surface area contributed by atoms with E-state index in [4.69, 9.17) is 16.3 Å². The number of nitrogens with zero attached hydrogens (tertiary/aromatic N) is 1. The van der Waals surface area contributed by atoms with Crippen LogP contribution in [0.25, 0.3) is 0 Å². The number of likely N-dealkylation sites (tertiary alicyclic amines) is 1. The number of benzene rings is 1. The largest absolute Gasteiger partial charge is 0.469 e. The summed E-state index contributed by atoms with van der Waals surface area (Å²) in [6.45, 7) is 1.87. The second-order valence-electron chi connectivity index (χ2n) is 5.38. The van der Waals surface area contributed by atoms with Crippen LogP contribution in [0.4, 0.5) is 0 Å². The van der Waals surface area contributed by atoms with Gasteiger partial charge in [0.25, 0.3) is 0 Å². The van der Waals surface area contributed by atoms with Crippen LogP contribution in [0.5, 0.6) is 0 Å². The average molecular weight is 282 g/mol. The van der Waals surface area contributed by atoms with E-state index in [1.807, 2.05) is 24.3 Å². The molecule has 2 rings (SSSR count). The maximum absolute atomic E-state index is 12.2. The molecule has 1 heterocycles. The summed E-state index contributed by atoms with van der Waals surface area (Å²) in [5.74, 6) is -0.0875. The smallest absolute Gasteiger partial charge is 0.312 e. The SMILES string of the molecule is COC(=O)C1(Cc2ccc(Cl)cc2)CCN(C)CC1. The summed E-state index contributed by atoms with van der Waals surface area (Å²) in [4.78, 5) is 14.5. The molecule has 1 aromatic rings. The van der Waals surface area contributed by atoms with E-state index in [9.17, 15) is 4.79 Å². The summed E-state index contributed by atoms with van der Waals surface area (Å²) in [7, 11) is 3.56. The fourth-order valence-electron chi connectivity index (χ4n) is 2.71. The lowest BCUT2D eigenvalue weighted by Gasteiger charge is -2.38. The third-order valence-electron chi connectivity index (χ3n) is 4.02. The summed E-state index contributed by atoms with van der Waals surface area (Å²) in [5.41, 5.74) is 0.758. The molecule has 4 heteroatoms. The standard InChI is InChI=1S/C15H20ClNO2/c1-17-9-7-15(8-10-17,14(18)19-2)11-12-3-5-13(16)6-4-12/h3-6H,7-11H2,1-2H3. The van der Waals surface area contributed by atoms with Crippen molar-refractivity contribution < 1.29 is 9.53 Å². The Hall–Kier alpha value is -1.06. The molecule has 1 fully saturated rings. The monoisotopic (exact) mass is 281 g/mol. The van der Waals surface area contributed by atoms with E-state index < -0.39 is 0 Å². The van der Waals surface area contributed by atoms with Crippen molar-refractivity contribution in [2.45, 2.75) is 19.3 Å². The summed E-state index contributed by atoms with van der Waals surface area (Å²) < 4.78 is 5.04. The molecule has 1 aliphatic rings. The summed E-state index contributed by atoms with van der Waals surface area (Å²) >= 11 is 5.90. The highest BCUT2D eigenvalue weighted by Crippen LogP contribution is 2.36. The molecular weight excluding hydrogens is 262 g/mol. The first-order chi connectivity index (χ1) is 9.05. The van der Waals surface area contributed by atoms with Crippen LogP contribution in [0, 0.1) is 5.41 Å². The Balaban J connectivity index is 2.18. The molecule has 1 saturated heterocycles. The van der Waals surface area contributed by atoms with Gasteiger partial charge in [-0.2, -0.15) is 0 Å². The van der Waals surface area contributed by atoms with Gasteiger partial charge < -0.3 is 9.64 Å². The summed E-state index contributed by atoms with van der Waals surface area (Å²) in [6, 6.07) is 7.73. The van der Waals surface area contributed by atoms with E-state index in [0.717, 1.165) is 42.9 Å². The second kappa shape index (κ2) is 5.93. The molecule has 1 aliphatic heterocycles. The van der Waals surface area contributed by atoms with Crippen LogP contribution in [0.1, 0.15) is 18.4 Å². The normalized spacial score (nSPS) is 19.1. The van der Waals surface area contributed by atoms with Gasteiger partial charge in [-0.25, -0.2) is 0 Å². The second-order valence-corrected chi connectivity index (χ2v) is 5.81. The highest BCUT2D eigenvalue weighted by Gasteiger charge is 2.41. The van der Waals surface area contributed by atoms with Crippen LogP contribution in [0.2, 0.25) is 5.02 Å². The average Bonchev–Trinajstić information content (AvgIpc) is 2.43. The number of piperidine rings is 1. The maximum Gasteiger partial charge on any atom is 0.312 e. The lowest BCUT2D eigenvalue weighted by molar-refractivity contribution is -0.155. The number of halogens is 1. The van der Waals surface area contributed by atoms with E-state index in [-0.39, 0.29) is 11.4 Å². The van der Waals surface area contributed by atoms with Crippen LogP contribution in [-0.4, -0.2) is 38.1 Å². The number of rotatable bonds is 3. The van der Waals surface area contributed by atoms with E-state index >= 15 is 0 Å². The number of carbonyl (C=O) groups is 1. The topological polar surface area (TPSA) is 29.5 Å². The fourth-order valence-corrected chi connectivity index (χ4v) is 2.84. The van der Waals surface area contributed by atoms with E-state index in [1.54, 1.807) is 0 Å². The Morgan fingerprint density at radius 2 is 1.89 bits per heavy atom. The molecule has 0 unspecified atom stereocenters. The third kappa shape index (κ3) is 3.28. The van der Waals surface area contributed by atoms with Crippen molar-refractivity contribution in [1.29, 1.82) is 0 Å². The highest BCUT2D eigenvalue weighted by atomic mass is 35.5. The van der Waals surface area contributed by atoms with Gasteiger partial charge in [0.2, 0.25) is 0 Å². The zero-order valence-corrected chi connectivity index (χ0v) is 12.2. The lowest BCUT2D eigenvalue weighted by atomic mass is 9.74. The first-order valence-electron chi connectivity index (χ1n) is 6.57. The molecule has 0 atom stereocenters. The fraction of sp³-hybridized carbons (Fsp3) is 0.533. The number of hydrogen-bond acceptors (Lipinski definition) is 3. The Kier molecular flexibility index (Phi) is 4.48. The molecule has 0 aliphatic carbocycles. The van der Waals surface area contributed by atoms with E-state index in [2.05, 4.69) is 11.9 Å². The van der Waals surface area contributed by atoms with Gasteiger partial charge in [-0.3, -0.25) is 4.79 Å². The summed E-state index contributed by atoms with van der Waals surface area (Å²) in [5, 5.41) is 0.722. The first kappa shape index (κ1) is 14.4. The number of ether oxygens (including phenoxy) is 1. The molecule has 19 heavy (non-hydrogen) atoms. The van der Waals surface area contributed by atoms with Crippen LogP contribution in [0.3, 0.4) is 0 Å². The van der Waals surface area contributed by atoms with Crippen molar-refractivity contribution in [3.05, 3.63) is 34.9 Å². The van der Waals surface area contributed by atoms with Crippen LogP contribution < -0.4 is 0 Å². The van der Waals surface area contributed by atoms with Gasteiger partial charge in [-0.15, -0.1) is 0 Å². The first-order valence-corrected chi connectivity index (χ1v) is 6.95. The predicted octanol–water partition coefficient (Wildman–Crippen LogP) is 2.77. The van der Waals surface area contributed by atoms with Gasteiger partial charge in [0.1, 0.15) is 0 Å². The number of esters is 1. The minimum atomic E-state index is -0.380. The zero-order chi connectivity index (χ0) is 13.9. The Labute approximate surface area is 119 Å². The maximum atomic E-state index is 12.2. The van der Waals surface area contributed by atoms with E-state index in [1.165, 1.54) is 7.11 Å². The molecule has 0 radical (unpaired) electrons. The van der Waals surface area contributed by atoms with Crippen LogP contribution in [0.15, 0.2) is 24.3 Å². The summed E-state index contributed by atoms with van der Waals surface area (Å²) in [6.07, 6.45) is 2.42. The Bertz CT molecular complexity index is 436. The minimum absolute atomic E-state index is 0.0875. The van der Waals surface area contributed by atoms with Crippen molar-refractivity contribution in [3.63, 3.8) is 0 Å². The number of carbonyl (C=O) groups excluding carboxylic acids is 1. The van der Waals surface area contributed by atoms with E-state index in [0.29, 0.717) is 0 Å².